The molecule has 240 valence electrons. The highest BCUT2D eigenvalue weighted by Crippen LogP contribution is 2.36. The first-order chi connectivity index (χ1) is 22.0. The Hall–Kier alpha value is -4.83. The summed E-state index contributed by atoms with van der Waals surface area (Å²) in [5, 5.41) is 3.04. The molecule has 0 saturated heterocycles. The van der Waals surface area contributed by atoms with Crippen molar-refractivity contribution in [3.05, 3.63) is 120 Å². The number of carbonyl (C=O) groups excluding carboxylic acids is 2. The number of benzene rings is 4. The van der Waals surface area contributed by atoms with E-state index < -0.39 is 34.1 Å². The quantitative estimate of drug-likeness (QED) is 0.241. The number of hydrogen-bond acceptors (Lipinski definition) is 6. The van der Waals surface area contributed by atoms with Gasteiger partial charge in [0.15, 0.2) is 11.5 Å². The van der Waals surface area contributed by atoms with E-state index in [1.54, 1.807) is 36.4 Å². The smallest absolute Gasteiger partial charge is 0.264 e. The molecule has 1 aliphatic rings. The fourth-order valence-corrected chi connectivity index (χ4v) is 6.65. The van der Waals surface area contributed by atoms with Crippen molar-refractivity contribution in [3.63, 3.8) is 0 Å². The van der Waals surface area contributed by atoms with Gasteiger partial charge in [0, 0.05) is 24.6 Å². The van der Waals surface area contributed by atoms with Gasteiger partial charge in [-0.15, -0.1) is 0 Å². The van der Waals surface area contributed by atoms with Crippen LogP contribution < -0.4 is 19.1 Å². The van der Waals surface area contributed by atoms with Gasteiger partial charge in [0.2, 0.25) is 11.8 Å². The summed E-state index contributed by atoms with van der Waals surface area (Å²) in [5.41, 5.74) is 1.33. The van der Waals surface area contributed by atoms with Crippen LogP contribution in [0.5, 0.6) is 11.5 Å². The van der Waals surface area contributed by atoms with E-state index in [1.807, 2.05) is 81.4 Å². The molecule has 5 rings (SSSR count). The van der Waals surface area contributed by atoms with Crippen molar-refractivity contribution >= 4 is 27.5 Å². The van der Waals surface area contributed by atoms with Crippen LogP contribution in [0.3, 0.4) is 0 Å². The van der Waals surface area contributed by atoms with Gasteiger partial charge in [0.1, 0.15) is 25.8 Å². The highest BCUT2D eigenvalue weighted by Gasteiger charge is 2.36. The Morgan fingerprint density at radius 2 is 1.35 bits per heavy atom. The molecule has 2 amide bonds. The molecule has 0 spiro atoms. The third kappa shape index (κ3) is 8.06. The molecule has 0 fully saturated rings. The van der Waals surface area contributed by atoms with E-state index >= 15 is 0 Å². The lowest BCUT2D eigenvalue weighted by Crippen LogP contribution is -2.56. The van der Waals surface area contributed by atoms with Crippen molar-refractivity contribution in [1.29, 1.82) is 0 Å². The molecule has 0 bridgehead atoms. The van der Waals surface area contributed by atoms with Crippen LogP contribution in [0.4, 0.5) is 5.69 Å². The Morgan fingerprint density at radius 3 is 1.96 bits per heavy atom. The second-order valence-electron chi connectivity index (χ2n) is 12.1. The van der Waals surface area contributed by atoms with Crippen molar-refractivity contribution in [2.45, 2.75) is 50.2 Å². The van der Waals surface area contributed by atoms with Crippen LogP contribution in [0.1, 0.15) is 31.9 Å². The van der Waals surface area contributed by atoms with Crippen molar-refractivity contribution in [2.75, 3.05) is 24.1 Å². The minimum atomic E-state index is -4.23. The number of nitrogens with one attached hydrogen (secondary N) is 1. The van der Waals surface area contributed by atoms with Crippen molar-refractivity contribution in [2.24, 2.45) is 0 Å². The molecule has 4 aromatic rings. The van der Waals surface area contributed by atoms with Gasteiger partial charge in [-0.05, 0) is 56.2 Å². The lowest BCUT2D eigenvalue weighted by molar-refractivity contribution is -0.140. The van der Waals surface area contributed by atoms with Crippen LogP contribution in [-0.2, 0) is 32.6 Å². The second-order valence-corrected chi connectivity index (χ2v) is 14.0. The number of hydrogen-bond donors (Lipinski definition) is 1. The molecule has 0 saturated carbocycles. The highest BCUT2D eigenvalue weighted by molar-refractivity contribution is 7.92. The molecular formula is C36H39N3O6S. The topological polar surface area (TPSA) is 105 Å². The summed E-state index contributed by atoms with van der Waals surface area (Å²) in [6.45, 7) is 5.87. The maximum atomic E-state index is 14.6. The van der Waals surface area contributed by atoms with Gasteiger partial charge >= 0.3 is 0 Å². The van der Waals surface area contributed by atoms with Crippen molar-refractivity contribution in [1.82, 2.24) is 10.2 Å². The van der Waals surface area contributed by atoms with Crippen LogP contribution in [-0.4, -0.2) is 56.5 Å². The third-order valence-corrected chi connectivity index (χ3v) is 9.18. The standard InChI is InChI=1S/C36H39N3O6S/c1-36(2,3)37-35(41)31(23-27-13-7-4-8-14-27)38(25-28-15-9-5-10-16-28)34(40)26-39(46(42,43)30-17-11-6-12-18-30)29-19-20-32-33(24-29)45-22-21-44-32/h4-20,24,31H,21-23,25-26H2,1-3H3,(H,37,41). The Morgan fingerprint density at radius 1 is 0.783 bits per heavy atom. The first-order valence-electron chi connectivity index (χ1n) is 15.2. The molecular weight excluding hydrogens is 602 g/mol. The van der Waals surface area contributed by atoms with Crippen LogP contribution >= 0.6 is 0 Å². The summed E-state index contributed by atoms with van der Waals surface area (Å²) in [4.78, 5) is 30.1. The lowest BCUT2D eigenvalue weighted by atomic mass is 10.0. The largest absolute Gasteiger partial charge is 0.486 e. The van der Waals surface area contributed by atoms with Gasteiger partial charge in [-0.2, -0.15) is 0 Å². The summed E-state index contributed by atoms with van der Waals surface area (Å²) in [6, 6.07) is 30.6. The fourth-order valence-electron chi connectivity index (χ4n) is 5.22. The fraction of sp³-hybridized carbons (Fsp3) is 0.278. The van der Waals surface area contributed by atoms with Crippen molar-refractivity contribution in [3.8, 4) is 11.5 Å². The number of anilines is 1. The molecule has 1 unspecified atom stereocenters. The highest BCUT2D eigenvalue weighted by atomic mass is 32.2. The summed E-state index contributed by atoms with van der Waals surface area (Å²) in [7, 11) is -4.23. The van der Waals surface area contributed by atoms with Crippen LogP contribution in [0.25, 0.3) is 0 Å². The molecule has 10 heteroatoms. The Bertz CT molecular complexity index is 1740. The van der Waals surface area contributed by atoms with E-state index in [0.717, 1.165) is 15.4 Å². The first-order valence-corrected chi connectivity index (χ1v) is 16.6. The SMILES string of the molecule is CC(C)(C)NC(=O)C(Cc1ccccc1)N(Cc1ccccc1)C(=O)CN(c1ccc2c(c1)OCCO2)S(=O)(=O)c1ccccc1. The minimum absolute atomic E-state index is 0.0265. The number of amides is 2. The third-order valence-electron chi connectivity index (χ3n) is 7.39. The van der Waals surface area contributed by atoms with E-state index in [-0.39, 0.29) is 29.5 Å². The summed E-state index contributed by atoms with van der Waals surface area (Å²) >= 11 is 0. The monoisotopic (exact) mass is 641 g/mol. The molecule has 0 radical (unpaired) electrons. The van der Waals surface area contributed by atoms with Gasteiger partial charge in [0.25, 0.3) is 10.0 Å². The molecule has 46 heavy (non-hydrogen) atoms. The Balaban J connectivity index is 1.58. The Labute approximate surface area is 270 Å². The van der Waals surface area contributed by atoms with Crippen LogP contribution in [0.15, 0.2) is 114 Å². The van der Waals surface area contributed by atoms with E-state index in [9.17, 15) is 18.0 Å². The average molecular weight is 642 g/mol. The number of sulfonamides is 1. The molecule has 0 aromatic heterocycles. The molecule has 1 atom stereocenters. The van der Waals surface area contributed by atoms with Crippen LogP contribution in [0.2, 0.25) is 0 Å². The van der Waals surface area contributed by atoms with Gasteiger partial charge in [-0.25, -0.2) is 8.42 Å². The summed E-state index contributed by atoms with van der Waals surface area (Å²) in [5.74, 6) is 0.00338. The first kappa shape index (κ1) is 32.6. The normalized spacial score (nSPS) is 13.4. The lowest BCUT2D eigenvalue weighted by Gasteiger charge is -2.35. The number of ether oxygens (including phenoxy) is 2. The zero-order valence-corrected chi connectivity index (χ0v) is 27.1. The number of nitrogens with zero attached hydrogens (tertiary/aromatic N) is 2. The van der Waals surface area contributed by atoms with Crippen LogP contribution in [0, 0.1) is 0 Å². The molecule has 4 aromatic carbocycles. The molecule has 1 heterocycles. The van der Waals surface area contributed by atoms with Gasteiger partial charge < -0.3 is 19.7 Å². The van der Waals surface area contributed by atoms with Gasteiger partial charge in [-0.3, -0.25) is 13.9 Å². The second kappa shape index (κ2) is 14.1. The summed E-state index contributed by atoms with van der Waals surface area (Å²) < 4.78 is 40.9. The molecule has 9 nitrogen and oxygen atoms in total. The minimum Gasteiger partial charge on any atom is -0.486 e. The molecule has 1 N–H and O–H groups in total. The van der Waals surface area contributed by atoms with E-state index in [0.29, 0.717) is 24.7 Å². The van der Waals surface area contributed by atoms with E-state index in [2.05, 4.69) is 5.32 Å². The number of fused-ring (bicyclic) bond motifs is 1. The number of rotatable bonds is 11. The average Bonchev–Trinajstić information content (AvgIpc) is 3.05. The zero-order chi connectivity index (χ0) is 32.7. The Kier molecular flexibility index (Phi) is 9.96. The zero-order valence-electron chi connectivity index (χ0n) is 26.3. The van der Waals surface area contributed by atoms with Gasteiger partial charge in [-0.1, -0.05) is 78.9 Å². The predicted molar refractivity (Wildman–Crippen MR) is 177 cm³/mol. The maximum absolute atomic E-state index is 14.6. The van der Waals surface area contributed by atoms with Gasteiger partial charge in [0.05, 0.1) is 10.6 Å². The maximum Gasteiger partial charge on any atom is 0.264 e. The number of carbonyl (C=O) groups is 2. The van der Waals surface area contributed by atoms with Crippen molar-refractivity contribution < 1.29 is 27.5 Å². The predicted octanol–water partition coefficient (Wildman–Crippen LogP) is 5.21. The summed E-state index contributed by atoms with van der Waals surface area (Å²) in [6.07, 6.45) is 0.233. The van der Waals surface area contributed by atoms with E-state index in [1.165, 1.54) is 17.0 Å². The molecule has 1 aliphatic heterocycles. The molecule has 0 aliphatic carbocycles. The van der Waals surface area contributed by atoms with E-state index in [4.69, 9.17) is 9.47 Å².